The highest BCUT2D eigenvalue weighted by Gasteiger charge is 2.28. The van der Waals surface area contributed by atoms with Crippen molar-refractivity contribution < 1.29 is 9.59 Å². The summed E-state index contributed by atoms with van der Waals surface area (Å²) < 4.78 is 0. The molecule has 1 atom stereocenters. The zero-order chi connectivity index (χ0) is 9.14. The minimum absolute atomic E-state index is 0.0287. The second-order valence-corrected chi connectivity index (χ2v) is 2.97. The maximum absolute atomic E-state index is 11.0. The van der Waals surface area contributed by atoms with Gasteiger partial charge in [0, 0.05) is 25.9 Å². The number of nitrogens with zero attached hydrogens (tertiary/aromatic N) is 1. The Morgan fingerprint density at radius 2 is 2.50 bits per heavy atom. The van der Waals surface area contributed by atoms with Crippen LogP contribution in [-0.4, -0.2) is 29.8 Å². The van der Waals surface area contributed by atoms with Crippen molar-refractivity contribution >= 4 is 11.8 Å². The lowest BCUT2D eigenvalue weighted by Crippen LogP contribution is -2.37. The molecule has 68 valence electrons. The third-order valence-electron chi connectivity index (χ3n) is 2.21. The molecule has 2 amide bonds. The van der Waals surface area contributed by atoms with Crippen LogP contribution in [0.25, 0.3) is 0 Å². The Kier molecular flexibility index (Phi) is 2.65. The van der Waals surface area contributed by atoms with Gasteiger partial charge in [-0.05, 0) is 6.42 Å². The molecule has 5 nitrogen and oxygen atoms in total. The number of amides is 2. The van der Waals surface area contributed by atoms with Gasteiger partial charge in [0.15, 0.2) is 0 Å². The molecule has 1 fully saturated rings. The molecule has 3 N–H and O–H groups in total. The fourth-order valence-electron chi connectivity index (χ4n) is 1.38. The molecule has 1 aliphatic heterocycles. The van der Waals surface area contributed by atoms with E-state index in [-0.39, 0.29) is 17.9 Å². The summed E-state index contributed by atoms with van der Waals surface area (Å²) in [6.45, 7) is 0. The highest BCUT2D eigenvalue weighted by atomic mass is 16.2. The molecule has 1 heterocycles. The average Bonchev–Trinajstić information content (AvgIpc) is 2.36. The van der Waals surface area contributed by atoms with Gasteiger partial charge in [0.2, 0.25) is 11.8 Å². The quantitative estimate of drug-likeness (QED) is 0.317. The Hall–Kier alpha value is -1.10. The Bertz CT molecular complexity index is 205. The molecule has 5 heteroatoms. The lowest BCUT2D eigenvalue weighted by Gasteiger charge is -2.18. The van der Waals surface area contributed by atoms with Gasteiger partial charge in [0.25, 0.3) is 0 Å². The molecule has 0 radical (unpaired) electrons. The van der Waals surface area contributed by atoms with Crippen molar-refractivity contribution in [3.63, 3.8) is 0 Å². The molecule has 1 rings (SSSR count). The van der Waals surface area contributed by atoms with E-state index in [9.17, 15) is 9.59 Å². The fourth-order valence-corrected chi connectivity index (χ4v) is 1.38. The highest BCUT2D eigenvalue weighted by Crippen LogP contribution is 2.18. The maximum Gasteiger partial charge on any atom is 0.235 e. The van der Waals surface area contributed by atoms with Crippen LogP contribution >= 0.6 is 0 Å². The van der Waals surface area contributed by atoms with Gasteiger partial charge in [-0.15, -0.1) is 0 Å². The Morgan fingerprint density at radius 1 is 1.83 bits per heavy atom. The van der Waals surface area contributed by atoms with Gasteiger partial charge in [0.1, 0.15) is 0 Å². The second-order valence-electron chi connectivity index (χ2n) is 2.97. The van der Waals surface area contributed by atoms with E-state index in [4.69, 9.17) is 5.84 Å². The molecule has 0 aromatic carbocycles. The number of hydrogen-bond acceptors (Lipinski definition) is 3. The normalized spacial score (nSPS) is 23.0. The highest BCUT2D eigenvalue weighted by molar-refractivity contribution is 5.81. The van der Waals surface area contributed by atoms with Crippen molar-refractivity contribution in [2.45, 2.75) is 25.3 Å². The third kappa shape index (κ3) is 1.73. The molecule has 0 saturated carbocycles. The first-order valence-corrected chi connectivity index (χ1v) is 3.90. The van der Waals surface area contributed by atoms with Crippen LogP contribution in [0.1, 0.15) is 19.3 Å². The van der Waals surface area contributed by atoms with Gasteiger partial charge in [-0.3, -0.25) is 15.0 Å². The van der Waals surface area contributed by atoms with E-state index in [1.165, 1.54) is 0 Å². The number of nitrogens with two attached hydrogens (primary N) is 1. The van der Waals surface area contributed by atoms with E-state index >= 15 is 0 Å². The van der Waals surface area contributed by atoms with Crippen molar-refractivity contribution in [3.05, 3.63) is 0 Å². The maximum atomic E-state index is 11.0. The van der Waals surface area contributed by atoms with Crippen LogP contribution in [-0.2, 0) is 9.59 Å². The number of rotatable bonds is 2. The molecule has 0 bridgehead atoms. The largest absolute Gasteiger partial charge is 0.342 e. The zero-order valence-corrected chi connectivity index (χ0v) is 7.04. The van der Waals surface area contributed by atoms with Gasteiger partial charge < -0.3 is 4.90 Å². The first-order valence-electron chi connectivity index (χ1n) is 3.90. The smallest absolute Gasteiger partial charge is 0.235 e. The topological polar surface area (TPSA) is 75.4 Å². The van der Waals surface area contributed by atoms with E-state index in [2.05, 4.69) is 5.43 Å². The third-order valence-corrected chi connectivity index (χ3v) is 2.21. The van der Waals surface area contributed by atoms with Crippen LogP contribution in [0.4, 0.5) is 0 Å². The van der Waals surface area contributed by atoms with Crippen LogP contribution in [0.2, 0.25) is 0 Å². The van der Waals surface area contributed by atoms with Crippen molar-refractivity contribution in [1.82, 2.24) is 10.3 Å². The van der Waals surface area contributed by atoms with Gasteiger partial charge in [-0.1, -0.05) is 0 Å². The van der Waals surface area contributed by atoms with Crippen LogP contribution in [0.5, 0.6) is 0 Å². The first-order chi connectivity index (χ1) is 5.65. The standard InChI is InChI=1S/C7H13N3O2/c1-10-5(2-3-7(10)12)4-6(11)9-8/h5H,2-4,8H2,1H3,(H,9,11). The summed E-state index contributed by atoms with van der Waals surface area (Å²) in [5.41, 5.74) is 2.05. The van der Waals surface area contributed by atoms with E-state index in [1.807, 2.05) is 0 Å². The predicted molar refractivity (Wildman–Crippen MR) is 42.7 cm³/mol. The van der Waals surface area contributed by atoms with Gasteiger partial charge in [-0.25, -0.2) is 5.84 Å². The van der Waals surface area contributed by atoms with E-state index in [1.54, 1.807) is 11.9 Å². The Balaban J connectivity index is 2.44. The van der Waals surface area contributed by atoms with Crippen molar-refractivity contribution in [2.24, 2.45) is 5.84 Å². The average molecular weight is 171 g/mol. The SMILES string of the molecule is CN1C(=O)CCC1CC(=O)NN. The van der Waals surface area contributed by atoms with Crippen molar-refractivity contribution in [2.75, 3.05) is 7.05 Å². The summed E-state index contributed by atoms with van der Waals surface area (Å²) in [7, 11) is 1.71. The number of carbonyl (C=O) groups excluding carboxylic acids is 2. The van der Waals surface area contributed by atoms with E-state index in [0.29, 0.717) is 12.8 Å². The van der Waals surface area contributed by atoms with Gasteiger partial charge in [-0.2, -0.15) is 0 Å². The number of hydrazine groups is 1. The Morgan fingerprint density at radius 3 is 2.92 bits per heavy atom. The number of carbonyl (C=O) groups is 2. The van der Waals surface area contributed by atoms with Gasteiger partial charge in [0.05, 0.1) is 0 Å². The molecular formula is C7H13N3O2. The molecule has 12 heavy (non-hydrogen) atoms. The number of likely N-dealkylation sites (tertiary alicyclic amines) is 1. The van der Waals surface area contributed by atoms with Crippen LogP contribution in [0.3, 0.4) is 0 Å². The molecule has 0 aliphatic carbocycles. The monoisotopic (exact) mass is 171 g/mol. The summed E-state index contributed by atoms with van der Waals surface area (Å²) in [5.74, 6) is 4.81. The summed E-state index contributed by atoms with van der Waals surface area (Å²) >= 11 is 0. The lowest BCUT2D eigenvalue weighted by atomic mass is 10.1. The molecular weight excluding hydrogens is 158 g/mol. The van der Waals surface area contributed by atoms with Crippen LogP contribution in [0.15, 0.2) is 0 Å². The van der Waals surface area contributed by atoms with Crippen molar-refractivity contribution in [1.29, 1.82) is 0 Å². The number of nitrogens with one attached hydrogen (secondary N) is 1. The summed E-state index contributed by atoms with van der Waals surface area (Å²) in [6.07, 6.45) is 1.60. The number of hydrogen-bond donors (Lipinski definition) is 2. The zero-order valence-electron chi connectivity index (χ0n) is 7.04. The van der Waals surface area contributed by atoms with Gasteiger partial charge >= 0.3 is 0 Å². The van der Waals surface area contributed by atoms with Crippen LogP contribution < -0.4 is 11.3 Å². The first kappa shape index (κ1) is 8.99. The molecule has 0 spiro atoms. The second kappa shape index (κ2) is 3.53. The summed E-state index contributed by atoms with van der Waals surface area (Å²) in [6, 6.07) is 0.0287. The summed E-state index contributed by atoms with van der Waals surface area (Å²) in [5, 5.41) is 0. The minimum atomic E-state index is -0.221. The van der Waals surface area contributed by atoms with E-state index < -0.39 is 0 Å². The Labute approximate surface area is 70.9 Å². The molecule has 0 aromatic rings. The van der Waals surface area contributed by atoms with E-state index in [0.717, 1.165) is 6.42 Å². The predicted octanol–water partition coefficient (Wildman–Crippen LogP) is -1.01. The fraction of sp³-hybridized carbons (Fsp3) is 0.714. The summed E-state index contributed by atoms with van der Waals surface area (Å²) in [4.78, 5) is 23.5. The molecule has 1 aliphatic rings. The molecule has 1 unspecified atom stereocenters. The molecule has 0 aromatic heterocycles. The molecule has 1 saturated heterocycles. The van der Waals surface area contributed by atoms with Crippen molar-refractivity contribution in [3.8, 4) is 0 Å². The minimum Gasteiger partial charge on any atom is -0.342 e. The lowest BCUT2D eigenvalue weighted by molar-refractivity contribution is -0.128. The van der Waals surface area contributed by atoms with Crippen LogP contribution in [0, 0.1) is 0 Å².